The van der Waals surface area contributed by atoms with Gasteiger partial charge < -0.3 is 9.32 Å². The predicted octanol–water partition coefficient (Wildman–Crippen LogP) is 0.745. The molecule has 1 fully saturated rings. The summed E-state index contributed by atoms with van der Waals surface area (Å²) in [4.78, 5) is 34.2. The molecule has 3 rings (SSSR count). The molecule has 2 amide bonds. The SMILES string of the molecule is O=C(NNC(=O)c1ccnc(N2CCCC2)n1)c1ccoc1. The molecule has 2 aromatic rings. The number of carbonyl (C=O) groups is 2. The van der Waals surface area contributed by atoms with Gasteiger partial charge in [-0.1, -0.05) is 0 Å². The van der Waals surface area contributed by atoms with Gasteiger partial charge in [0, 0.05) is 19.3 Å². The zero-order valence-electron chi connectivity index (χ0n) is 11.8. The predicted molar refractivity (Wildman–Crippen MR) is 77.1 cm³/mol. The summed E-state index contributed by atoms with van der Waals surface area (Å²) in [5, 5.41) is 0. The Bertz CT molecular complexity index is 665. The number of hydrazine groups is 1. The van der Waals surface area contributed by atoms with Gasteiger partial charge in [0.2, 0.25) is 5.95 Å². The fourth-order valence-corrected chi connectivity index (χ4v) is 2.19. The first kappa shape index (κ1) is 14.1. The quantitative estimate of drug-likeness (QED) is 0.811. The van der Waals surface area contributed by atoms with Crippen LogP contribution < -0.4 is 15.8 Å². The normalized spacial score (nSPS) is 13.9. The van der Waals surface area contributed by atoms with Crippen LogP contribution in [0.25, 0.3) is 0 Å². The Morgan fingerprint density at radius 3 is 2.64 bits per heavy atom. The van der Waals surface area contributed by atoms with E-state index in [0.717, 1.165) is 25.9 Å². The Morgan fingerprint density at radius 1 is 1.14 bits per heavy atom. The maximum Gasteiger partial charge on any atom is 0.288 e. The Hall–Kier alpha value is -2.90. The van der Waals surface area contributed by atoms with Gasteiger partial charge in [0.15, 0.2) is 0 Å². The van der Waals surface area contributed by atoms with Crippen LogP contribution in [0.2, 0.25) is 0 Å². The first-order chi connectivity index (χ1) is 10.7. The molecule has 2 aromatic heterocycles. The van der Waals surface area contributed by atoms with Gasteiger partial charge in [-0.25, -0.2) is 9.97 Å². The average molecular weight is 301 g/mol. The van der Waals surface area contributed by atoms with Gasteiger partial charge in [0.1, 0.15) is 12.0 Å². The van der Waals surface area contributed by atoms with Gasteiger partial charge >= 0.3 is 0 Å². The van der Waals surface area contributed by atoms with Crippen LogP contribution >= 0.6 is 0 Å². The lowest BCUT2D eigenvalue weighted by Crippen LogP contribution is -2.42. The summed E-state index contributed by atoms with van der Waals surface area (Å²) in [6.45, 7) is 1.78. The zero-order chi connectivity index (χ0) is 15.4. The molecule has 0 aromatic carbocycles. The molecular formula is C14H15N5O3. The van der Waals surface area contributed by atoms with Crippen molar-refractivity contribution in [2.75, 3.05) is 18.0 Å². The summed E-state index contributed by atoms with van der Waals surface area (Å²) in [7, 11) is 0. The van der Waals surface area contributed by atoms with Crippen LogP contribution in [0.3, 0.4) is 0 Å². The second-order valence-electron chi connectivity index (χ2n) is 4.86. The fraction of sp³-hybridized carbons (Fsp3) is 0.286. The Kier molecular flexibility index (Phi) is 3.99. The lowest BCUT2D eigenvalue weighted by Gasteiger charge is -2.15. The van der Waals surface area contributed by atoms with Crippen LogP contribution in [0.15, 0.2) is 35.3 Å². The molecule has 0 saturated carbocycles. The second kappa shape index (κ2) is 6.25. The molecule has 0 radical (unpaired) electrons. The first-order valence-corrected chi connectivity index (χ1v) is 6.95. The Balaban J connectivity index is 1.62. The van der Waals surface area contributed by atoms with E-state index in [1.165, 1.54) is 30.9 Å². The van der Waals surface area contributed by atoms with Crippen molar-refractivity contribution in [2.24, 2.45) is 0 Å². The number of hydrogen-bond acceptors (Lipinski definition) is 6. The minimum atomic E-state index is -0.500. The molecule has 3 heterocycles. The summed E-state index contributed by atoms with van der Waals surface area (Å²) < 4.78 is 4.80. The first-order valence-electron chi connectivity index (χ1n) is 6.95. The van der Waals surface area contributed by atoms with Crippen molar-refractivity contribution in [3.8, 4) is 0 Å². The number of furan rings is 1. The molecule has 0 aliphatic carbocycles. The van der Waals surface area contributed by atoms with Crippen LogP contribution in [-0.2, 0) is 0 Å². The number of hydrogen-bond donors (Lipinski definition) is 2. The van der Waals surface area contributed by atoms with E-state index >= 15 is 0 Å². The molecule has 8 heteroatoms. The standard InChI is InChI=1S/C14H15N5O3/c20-12(10-4-8-22-9-10)17-18-13(21)11-3-5-15-14(16-11)19-6-1-2-7-19/h3-5,8-9H,1-2,6-7H2,(H,17,20)(H,18,21). The van der Waals surface area contributed by atoms with Crippen LogP contribution in [-0.4, -0.2) is 34.9 Å². The van der Waals surface area contributed by atoms with Crippen molar-refractivity contribution in [1.29, 1.82) is 0 Å². The molecule has 1 saturated heterocycles. The van der Waals surface area contributed by atoms with Gasteiger partial charge in [-0.2, -0.15) is 0 Å². The summed E-state index contributed by atoms with van der Waals surface area (Å²) in [5.41, 5.74) is 5.13. The third kappa shape index (κ3) is 3.05. The lowest BCUT2D eigenvalue weighted by atomic mass is 10.3. The minimum Gasteiger partial charge on any atom is -0.472 e. The van der Waals surface area contributed by atoms with Crippen molar-refractivity contribution in [1.82, 2.24) is 20.8 Å². The molecular weight excluding hydrogens is 286 g/mol. The van der Waals surface area contributed by atoms with Gasteiger partial charge in [-0.3, -0.25) is 20.4 Å². The molecule has 1 aliphatic rings. The third-order valence-electron chi connectivity index (χ3n) is 3.34. The largest absolute Gasteiger partial charge is 0.472 e. The molecule has 2 N–H and O–H groups in total. The van der Waals surface area contributed by atoms with Crippen LogP contribution in [0.1, 0.15) is 33.7 Å². The smallest absolute Gasteiger partial charge is 0.288 e. The monoisotopic (exact) mass is 301 g/mol. The summed E-state index contributed by atoms with van der Waals surface area (Å²) in [6, 6.07) is 3.00. The highest BCUT2D eigenvalue weighted by Gasteiger charge is 2.17. The summed E-state index contributed by atoms with van der Waals surface area (Å²) in [5.74, 6) is -0.429. The van der Waals surface area contributed by atoms with Crippen LogP contribution in [0.4, 0.5) is 5.95 Å². The number of carbonyl (C=O) groups excluding carboxylic acids is 2. The van der Waals surface area contributed by atoms with E-state index in [1.54, 1.807) is 0 Å². The van der Waals surface area contributed by atoms with Crippen LogP contribution in [0.5, 0.6) is 0 Å². The maximum absolute atomic E-state index is 12.0. The maximum atomic E-state index is 12.0. The average Bonchev–Trinajstić information content (AvgIpc) is 3.25. The highest BCUT2D eigenvalue weighted by molar-refractivity contribution is 5.98. The summed E-state index contributed by atoms with van der Waals surface area (Å²) in [6.07, 6.45) is 6.40. The number of amides is 2. The lowest BCUT2D eigenvalue weighted by molar-refractivity contribution is 0.0843. The van der Waals surface area contributed by atoms with E-state index in [0.29, 0.717) is 11.5 Å². The van der Waals surface area contributed by atoms with E-state index in [4.69, 9.17) is 4.42 Å². The Morgan fingerprint density at radius 2 is 1.91 bits per heavy atom. The van der Waals surface area contributed by atoms with Gasteiger partial charge in [0.05, 0.1) is 11.8 Å². The number of rotatable bonds is 3. The van der Waals surface area contributed by atoms with E-state index in [2.05, 4.69) is 20.8 Å². The summed E-state index contributed by atoms with van der Waals surface area (Å²) >= 11 is 0. The van der Waals surface area contributed by atoms with E-state index in [9.17, 15) is 9.59 Å². The molecule has 0 spiro atoms. The molecule has 1 aliphatic heterocycles. The van der Waals surface area contributed by atoms with Crippen molar-refractivity contribution < 1.29 is 14.0 Å². The van der Waals surface area contributed by atoms with Crippen molar-refractivity contribution in [3.63, 3.8) is 0 Å². The topological polar surface area (TPSA) is 100 Å². The van der Waals surface area contributed by atoms with Gasteiger partial charge in [-0.05, 0) is 25.0 Å². The number of aromatic nitrogens is 2. The molecule has 0 atom stereocenters. The van der Waals surface area contributed by atoms with E-state index in [-0.39, 0.29) is 5.69 Å². The highest BCUT2D eigenvalue weighted by atomic mass is 16.3. The van der Waals surface area contributed by atoms with Crippen LogP contribution in [0, 0.1) is 0 Å². The molecule has 8 nitrogen and oxygen atoms in total. The second-order valence-corrected chi connectivity index (χ2v) is 4.86. The van der Waals surface area contributed by atoms with E-state index < -0.39 is 11.8 Å². The zero-order valence-corrected chi connectivity index (χ0v) is 11.8. The minimum absolute atomic E-state index is 0.199. The van der Waals surface area contributed by atoms with Crippen molar-refractivity contribution in [3.05, 3.63) is 42.1 Å². The molecule has 0 bridgehead atoms. The van der Waals surface area contributed by atoms with Gasteiger partial charge in [0.25, 0.3) is 11.8 Å². The number of anilines is 1. The number of nitrogens with one attached hydrogen (secondary N) is 2. The van der Waals surface area contributed by atoms with Gasteiger partial charge in [-0.15, -0.1) is 0 Å². The molecule has 22 heavy (non-hydrogen) atoms. The highest BCUT2D eigenvalue weighted by Crippen LogP contribution is 2.15. The number of nitrogens with zero attached hydrogens (tertiary/aromatic N) is 3. The van der Waals surface area contributed by atoms with Crippen molar-refractivity contribution >= 4 is 17.8 Å². The molecule has 0 unspecified atom stereocenters. The third-order valence-corrected chi connectivity index (χ3v) is 3.34. The molecule has 114 valence electrons. The fourth-order valence-electron chi connectivity index (χ4n) is 2.19. The van der Waals surface area contributed by atoms with E-state index in [1.807, 2.05) is 4.90 Å². The van der Waals surface area contributed by atoms with Crippen molar-refractivity contribution in [2.45, 2.75) is 12.8 Å². The Labute approximate surface area is 126 Å².